The number of benzene rings is 2. The highest BCUT2D eigenvalue weighted by molar-refractivity contribution is 5.77. The molecule has 0 spiro atoms. The molecule has 1 unspecified atom stereocenters. The summed E-state index contributed by atoms with van der Waals surface area (Å²) in [5, 5.41) is 9.51. The van der Waals surface area contributed by atoms with Gasteiger partial charge in [-0.05, 0) is 31.5 Å². The number of rotatable bonds is 7. The average Bonchev–Trinajstić information content (AvgIpc) is 2.51. The van der Waals surface area contributed by atoms with Crippen LogP contribution >= 0.6 is 0 Å². The van der Waals surface area contributed by atoms with E-state index >= 15 is 0 Å². The molecule has 0 fully saturated rings. The molecule has 0 aromatic heterocycles. The van der Waals surface area contributed by atoms with Crippen molar-refractivity contribution < 1.29 is 23.8 Å². The highest BCUT2D eigenvalue weighted by atomic mass is 19.1. The van der Waals surface area contributed by atoms with Crippen LogP contribution in [0.15, 0.2) is 42.5 Å². The van der Waals surface area contributed by atoms with Gasteiger partial charge in [0.05, 0.1) is 19.6 Å². The van der Waals surface area contributed by atoms with Crippen LogP contribution in [-0.2, 0) is 4.79 Å². The normalized spacial score (nSPS) is 11.8. The van der Waals surface area contributed by atoms with Crippen molar-refractivity contribution in [3.05, 3.63) is 59.4 Å². The van der Waals surface area contributed by atoms with Gasteiger partial charge in [0.1, 0.15) is 17.3 Å². The van der Waals surface area contributed by atoms with Gasteiger partial charge in [-0.3, -0.25) is 4.79 Å². The Morgan fingerprint density at radius 1 is 1.26 bits per heavy atom. The monoisotopic (exact) mass is 318 g/mol. The third-order valence-corrected chi connectivity index (χ3v) is 3.53. The average molecular weight is 318 g/mol. The third kappa shape index (κ3) is 4.45. The van der Waals surface area contributed by atoms with Crippen LogP contribution in [-0.4, -0.2) is 24.8 Å². The van der Waals surface area contributed by atoms with Gasteiger partial charge in [-0.15, -0.1) is 0 Å². The molecule has 0 saturated carbocycles. The number of aryl methyl sites for hydroxylation is 1. The summed E-state index contributed by atoms with van der Waals surface area (Å²) in [5.74, 6) is -1.17. The Hall–Kier alpha value is -2.56. The number of ether oxygens (including phenoxy) is 2. The zero-order valence-electron chi connectivity index (χ0n) is 13.1. The summed E-state index contributed by atoms with van der Waals surface area (Å²) in [7, 11) is 1.51. The quantitative estimate of drug-likeness (QED) is 0.844. The second-order valence-corrected chi connectivity index (χ2v) is 5.23. The molecule has 0 aliphatic carbocycles. The Kier molecular flexibility index (Phi) is 5.57. The van der Waals surface area contributed by atoms with Crippen molar-refractivity contribution in [1.82, 2.24) is 0 Å². The van der Waals surface area contributed by atoms with E-state index in [4.69, 9.17) is 9.47 Å². The maximum Gasteiger partial charge on any atom is 0.311 e. The zero-order valence-corrected chi connectivity index (χ0v) is 13.1. The van der Waals surface area contributed by atoms with Gasteiger partial charge in [0, 0.05) is 11.6 Å². The lowest BCUT2D eigenvalue weighted by molar-refractivity contribution is -0.139. The first kappa shape index (κ1) is 16.8. The Bertz CT molecular complexity index is 684. The summed E-state index contributed by atoms with van der Waals surface area (Å²) >= 11 is 0. The van der Waals surface area contributed by atoms with Crippen molar-refractivity contribution in [2.45, 2.75) is 19.3 Å². The van der Waals surface area contributed by atoms with Gasteiger partial charge in [0.25, 0.3) is 0 Å². The Labute approximate surface area is 134 Å². The molecule has 4 nitrogen and oxygen atoms in total. The number of carboxylic acids is 1. The predicted octanol–water partition coefficient (Wildman–Crippen LogP) is 3.78. The Morgan fingerprint density at radius 2 is 2.04 bits per heavy atom. The number of hydrogen-bond acceptors (Lipinski definition) is 3. The van der Waals surface area contributed by atoms with Crippen LogP contribution in [0, 0.1) is 12.7 Å². The molecule has 2 rings (SSSR count). The summed E-state index contributed by atoms with van der Waals surface area (Å²) in [6, 6.07) is 11.2. The van der Waals surface area contributed by atoms with Crippen molar-refractivity contribution in [3.63, 3.8) is 0 Å². The van der Waals surface area contributed by atoms with Gasteiger partial charge in [-0.1, -0.05) is 23.8 Å². The molecule has 1 atom stereocenters. The van der Waals surface area contributed by atoms with Gasteiger partial charge >= 0.3 is 5.97 Å². The first-order chi connectivity index (χ1) is 11.0. The molecule has 0 radical (unpaired) electrons. The van der Waals surface area contributed by atoms with Crippen molar-refractivity contribution in [1.29, 1.82) is 0 Å². The predicted molar refractivity (Wildman–Crippen MR) is 84.6 cm³/mol. The summed E-state index contributed by atoms with van der Waals surface area (Å²) < 4.78 is 23.8. The zero-order chi connectivity index (χ0) is 16.8. The summed E-state index contributed by atoms with van der Waals surface area (Å²) in [4.78, 5) is 11.6. The molecule has 0 saturated heterocycles. The van der Waals surface area contributed by atoms with Crippen molar-refractivity contribution >= 4 is 5.97 Å². The molecule has 0 bridgehead atoms. The highest BCUT2D eigenvalue weighted by Gasteiger charge is 2.23. The van der Waals surface area contributed by atoms with Crippen molar-refractivity contribution in [3.8, 4) is 11.5 Å². The van der Waals surface area contributed by atoms with Gasteiger partial charge in [-0.2, -0.15) is 0 Å². The molecular weight excluding hydrogens is 299 g/mol. The van der Waals surface area contributed by atoms with Crippen LogP contribution in [0.1, 0.15) is 23.5 Å². The first-order valence-electron chi connectivity index (χ1n) is 7.27. The van der Waals surface area contributed by atoms with Crippen molar-refractivity contribution in [2.75, 3.05) is 13.7 Å². The summed E-state index contributed by atoms with van der Waals surface area (Å²) in [6.45, 7) is 2.06. The van der Waals surface area contributed by atoms with E-state index in [2.05, 4.69) is 0 Å². The van der Waals surface area contributed by atoms with Crippen LogP contribution in [0.3, 0.4) is 0 Å². The maximum absolute atomic E-state index is 13.1. The van der Waals surface area contributed by atoms with Crippen LogP contribution < -0.4 is 9.47 Å². The van der Waals surface area contributed by atoms with E-state index in [0.29, 0.717) is 17.1 Å². The fourth-order valence-electron chi connectivity index (χ4n) is 2.39. The summed E-state index contributed by atoms with van der Waals surface area (Å²) in [6.07, 6.45) is 0.256. The van der Waals surface area contributed by atoms with Gasteiger partial charge in [0.2, 0.25) is 0 Å². The number of halogens is 1. The fraction of sp³-hybridized carbons (Fsp3) is 0.278. The second-order valence-electron chi connectivity index (χ2n) is 5.23. The lowest BCUT2D eigenvalue weighted by Gasteiger charge is -2.17. The molecule has 0 aliphatic rings. The van der Waals surface area contributed by atoms with Crippen LogP contribution in [0.25, 0.3) is 0 Å². The second kappa shape index (κ2) is 7.63. The lowest BCUT2D eigenvalue weighted by atomic mass is 9.94. The molecular formula is C18H19FO4. The Morgan fingerprint density at radius 3 is 2.70 bits per heavy atom. The van der Waals surface area contributed by atoms with E-state index in [1.165, 1.54) is 19.2 Å². The summed E-state index contributed by atoms with van der Waals surface area (Å²) in [5.41, 5.74) is 1.57. The number of aliphatic carboxylic acids is 1. The van der Waals surface area contributed by atoms with Gasteiger partial charge < -0.3 is 14.6 Å². The molecule has 1 N–H and O–H groups in total. The van der Waals surface area contributed by atoms with E-state index < -0.39 is 17.7 Å². The smallest absolute Gasteiger partial charge is 0.311 e. The SMILES string of the molecule is COc1ccc(C)cc1C(CCOc1cccc(F)c1)C(=O)O. The molecule has 122 valence electrons. The van der Waals surface area contributed by atoms with E-state index in [9.17, 15) is 14.3 Å². The molecule has 0 aliphatic heterocycles. The minimum absolute atomic E-state index is 0.164. The lowest BCUT2D eigenvalue weighted by Crippen LogP contribution is -2.16. The number of methoxy groups -OCH3 is 1. The van der Waals surface area contributed by atoms with Crippen LogP contribution in [0.5, 0.6) is 11.5 Å². The first-order valence-corrected chi connectivity index (χ1v) is 7.27. The molecule has 0 heterocycles. The van der Waals surface area contributed by atoms with Crippen LogP contribution in [0.4, 0.5) is 4.39 Å². The number of carboxylic acid groups (broad SMARTS) is 1. The van der Waals surface area contributed by atoms with Gasteiger partial charge in [0.15, 0.2) is 0 Å². The van der Waals surface area contributed by atoms with Crippen molar-refractivity contribution in [2.24, 2.45) is 0 Å². The van der Waals surface area contributed by atoms with E-state index in [0.717, 1.165) is 5.56 Å². The number of hydrogen-bond donors (Lipinski definition) is 1. The topological polar surface area (TPSA) is 55.8 Å². The molecule has 23 heavy (non-hydrogen) atoms. The van der Waals surface area contributed by atoms with E-state index in [-0.39, 0.29) is 13.0 Å². The van der Waals surface area contributed by atoms with E-state index in [1.807, 2.05) is 13.0 Å². The molecule has 2 aromatic rings. The van der Waals surface area contributed by atoms with Gasteiger partial charge in [-0.25, -0.2) is 4.39 Å². The fourth-order valence-corrected chi connectivity index (χ4v) is 2.39. The number of carbonyl (C=O) groups is 1. The minimum atomic E-state index is -0.947. The molecule has 2 aromatic carbocycles. The maximum atomic E-state index is 13.1. The highest BCUT2D eigenvalue weighted by Crippen LogP contribution is 2.30. The molecule has 5 heteroatoms. The van der Waals surface area contributed by atoms with Crippen LogP contribution in [0.2, 0.25) is 0 Å². The largest absolute Gasteiger partial charge is 0.496 e. The van der Waals surface area contributed by atoms with E-state index in [1.54, 1.807) is 24.3 Å². The standard InChI is InChI=1S/C18H19FO4/c1-12-6-7-17(22-2)16(10-12)15(18(20)21)8-9-23-14-5-3-4-13(19)11-14/h3-7,10-11,15H,8-9H2,1-2H3,(H,20,21). The minimum Gasteiger partial charge on any atom is -0.496 e. The Balaban J connectivity index is 2.10. The molecule has 0 amide bonds. The third-order valence-electron chi connectivity index (χ3n) is 3.53.